The Bertz CT molecular complexity index is 782. The summed E-state index contributed by atoms with van der Waals surface area (Å²) in [6, 6.07) is 10.4. The second kappa shape index (κ2) is 7.53. The van der Waals surface area contributed by atoms with Gasteiger partial charge in [0.25, 0.3) is 0 Å². The van der Waals surface area contributed by atoms with E-state index in [0.717, 1.165) is 11.3 Å². The first-order valence-corrected chi connectivity index (χ1v) is 8.21. The number of benzene rings is 2. The SMILES string of the molecule is COc1cc(NC(=O)NC2CCOc3ccccc32)c(OC)cc1Cl. The van der Waals surface area contributed by atoms with Crippen molar-refractivity contribution in [3.63, 3.8) is 0 Å². The normalized spacial score (nSPS) is 15.6. The molecule has 0 spiro atoms. The van der Waals surface area contributed by atoms with Gasteiger partial charge in [0.15, 0.2) is 0 Å². The summed E-state index contributed by atoms with van der Waals surface area (Å²) in [6.07, 6.45) is 0.700. The van der Waals surface area contributed by atoms with Crippen molar-refractivity contribution in [1.29, 1.82) is 0 Å². The lowest BCUT2D eigenvalue weighted by atomic mass is 10.0. The Labute approximate surface area is 151 Å². The zero-order valence-corrected chi connectivity index (χ0v) is 14.7. The van der Waals surface area contributed by atoms with Gasteiger partial charge >= 0.3 is 6.03 Å². The highest BCUT2D eigenvalue weighted by Gasteiger charge is 2.23. The molecule has 2 aromatic carbocycles. The predicted molar refractivity (Wildman–Crippen MR) is 96.0 cm³/mol. The number of nitrogens with one attached hydrogen (secondary N) is 2. The van der Waals surface area contributed by atoms with Crippen molar-refractivity contribution in [2.75, 3.05) is 26.1 Å². The van der Waals surface area contributed by atoms with E-state index in [2.05, 4.69) is 10.6 Å². The highest BCUT2D eigenvalue weighted by molar-refractivity contribution is 6.32. The average Bonchev–Trinajstić information content (AvgIpc) is 2.63. The fourth-order valence-electron chi connectivity index (χ4n) is 2.77. The Morgan fingerprint density at radius 1 is 1.20 bits per heavy atom. The van der Waals surface area contributed by atoms with Gasteiger partial charge in [0.1, 0.15) is 17.2 Å². The van der Waals surface area contributed by atoms with Crippen LogP contribution in [0.2, 0.25) is 5.02 Å². The van der Waals surface area contributed by atoms with Crippen molar-refractivity contribution in [3.05, 3.63) is 47.0 Å². The number of carbonyl (C=O) groups excluding carboxylic acids is 1. The molecule has 3 rings (SSSR count). The molecular formula is C18H19ClN2O4. The Kier molecular flexibility index (Phi) is 5.19. The summed E-state index contributed by atoms with van der Waals surface area (Å²) >= 11 is 6.08. The topological polar surface area (TPSA) is 68.8 Å². The molecule has 0 radical (unpaired) electrons. The maximum atomic E-state index is 12.5. The predicted octanol–water partition coefficient (Wildman–Crippen LogP) is 4.00. The molecule has 6 nitrogen and oxygen atoms in total. The lowest BCUT2D eigenvalue weighted by Crippen LogP contribution is -2.35. The molecule has 2 amide bonds. The second-order valence-corrected chi connectivity index (χ2v) is 5.92. The molecule has 2 N–H and O–H groups in total. The van der Waals surface area contributed by atoms with E-state index < -0.39 is 0 Å². The van der Waals surface area contributed by atoms with E-state index in [-0.39, 0.29) is 12.1 Å². The number of methoxy groups -OCH3 is 2. The van der Waals surface area contributed by atoms with Crippen LogP contribution in [0.1, 0.15) is 18.0 Å². The van der Waals surface area contributed by atoms with Crippen molar-refractivity contribution in [1.82, 2.24) is 5.32 Å². The van der Waals surface area contributed by atoms with Crippen molar-refractivity contribution >= 4 is 23.3 Å². The van der Waals surface area contributed by atoms with E-state index in [1.807, 2.05) is 24.3 Å². The molecule has 1 atom stereocenters. The first-order valence-electron chi connectivity index (χ1n) is 7.83. The first kappa shape index (κ1) is 17.2. The van der Waals surface area contributed by atoms with Gasteiger partial charge in [-0.25, -0.2) is 4.79 Å². The monoisotopic (exact) mass is 362 g/mol. The largest absolute Gasteiger partial charge is 0.495 e. The minimum absolute atomic E-state index is 0.120. The third-order valence-electron chi connectivity index (χ3n) is 3.99. The minimum Gasteiger partial charge on any atom is -0.495 e. The summed E-state index contributed by atoms with van der Waals surface area (Å²) in [5.41, 5.74) is 1.44. The van der Waals surface area contributed by atoms with E-state index in [0.29, 0.717) is 35.2 Å². The lowest BCUT2D eigenvalue weighted by Gasteiger charge is -2.26. The molecule has 0 fully saturated rings. The van der Waals surface area contributed by atoms with Gasteiger partial charge in [-0.3, -0.25) is 0 Å². The number of ether oxygens (including phenoxy) is 3. The number of hydrogen-bond donors (Lipinski definition) is 2. The van der Waals surface area contributed by atoms with Gasteiger partial charge in [0.05, 0.1) is 37.6 Å². The van der Waals surface area contributed by atoms with Crippen LogP contribution in [0.5, 0.6) is 17.2 Å². The van der Waals surface area contributed by atoms with E-state index in [4.69, 9.17) is 25.8 Å². The zero-order valence-electron chi connectivity index (χ0n) is 14.0. The quantitative estimate of drug-likeness (QED) is 0.862. The highest BCUT2D eigenvalue weighted by atomic mass is 35.5. The number of anilines is 1. The summed E-state index contributed by atoms with van der Waals surface area (Å²) in [6.45, 7) is 0.556. The van der Waals surface area contributed by atoms with Gasteiger partial charge in [-0.2, -0.15) is 0 Å². The summed E-state index contributed by atoms with van der Waals surface area (Å²) < 4.78 is 16.1. The van der Waals surface area contributed by atoms with Gasteiger partial charge in [0.2, 0.25) is 0 Å². The van der Waals surface area contributed by atoms with E-state index >= 15 is 0 Å². The van der Waals surface area contributed by atoms with Crippen LogP contribution < -0.4 is 24.8 Å². The minimum atomic E-state index is -0.343. The number of rotatable bonds is 4. The number of carbonyl (C=O) groups is 1. The molecule has 1 unspecified atom stereocenters. The van der Waals surface area contributed by atoms with Crippen molar-refractivity contribution in [3.8, 4) is 17.2 Å². The van der Waals surface area contributed by atoms with Gasteiger partial charge in [-0.05, 0) is 6.07 Å². The molecular weight excluding hydrogens is 344 g/mol. The molecule has 132 valence electrons. The average molecular weight is 363 g/mol. The number of para-hydroxylation sites is 1. The van der Waals surface area contributed by atoms with Crippen LogP contribution >= 0.6 is 11.6 Å². The van der Waals surface area contributed by atoms with E-state index in [1.165, 1.54) is 14.2 Å². The Morgan fingerprint density at radius 3 is 2.72 bits per heavy atom. The van der Waals surface area contributed by atoms with E-state index in [9.17, 15) is 4.79 Å². The number of fused-ring (bicyclic) bond motifs is 1. The molecule has 0 aliphatic carbocycles. The molecule has 2 aromatic rings. The molecule has 0 saturated carbocycles. The van der Waals surface area contributed by atoms with Crippen LogP contribution in [0.4, 0.5) is 10.5 Å². The van der Waals surface area contributed by atoms with Crippen molar-refractivity contribution < 1.29 is 19.0 Å². The summed E-state index contributed by atoms with van der Waals surface area (Å²) in [4.78, 5) is 12.5. The third kappa shape index (κ3) is 3.74. The second-order valence-electron chi connectivity index (χ2n) is 5.51. The molecule has 7 heteroatoms. The van der Waals surface area contributed by atoms with Gasteiger partial charge in [0, 0.05) is 24.1 Å². The number of urea groups is 1. The Hall–Kier alpha value is -2.60. The molecule has 1 heterocycles. The fourth-order valence-corrected chi connectivity index (χ4v) is 3.00. The Morgan fingerprint density at radius 2 is 1.96 bits per heavy atom. The van der Waals surface area contributed by atoms with Gasteiger partial charge in [-0.15, -0.1) is 0 Å². The van der Waals surface area contributed by atoms with Crippen LogP contribution in [-0.4, -0.2) is 26.9 Å². The first-order chi connectivity index (χ1) is 12.1. The number of hydrogen-bond acceptors (Lipinski definition) is 4. The maximum absolute atomic E-state index is 12.5. The molecule has 0 bridgehead atoms. The Balaban J connectivity index is 1.76. The van der Waals surface area contributed by atoms with E-state index in [1.54, 1.807) is 12.1 Å². The smallest absolute Gasteiger partial charge is 0.319 e. The van der Waals surface area contributed by atoms with Crippen molar-refractivity contribution in [2.24, 2.45) is 0 Å². The fraction of sp³-hybridized carbons (Fsp3) is 0.278. The zero-order chi connectivity index (χ0) is 17.8. The molecule has 1 aliphatic rings. The van der Waals surface area contributed by atoms with Gasteiger partial charge in [-0.1, -0.05) is 29.8 Å². The number of amides is 2. The van der Waals surface area contributed by atoms with Gasteiger partial charge < -0.3 is 24.8 Å². The molecule has 0 aromatic heterocycles. The number of halogens is 1. The summed E-state index contributed by atoms with van der Waals surface area (Å²) in [7, 11) is 3.02. The molecule has 1 aliphatic heterocycles. The van der Waals surface area contributed by atoms with Crippen LogP contribution in [0, 0.1) is 0 Å². The molecule has 0 saturated heterocycles. The third-order valence-corrected chi connectivity index (χ3v) is 4.28. The maximum Gasteiger partial charge on any atom is 0.319 e. The lowest BCUT2D eigenvalue weighted by molar-refractivity contribution is 0.232. The summed E-state index contributed by atoms with van der Waals surface area (Å²) in [5.74, 6) is 1.70. The van der Waals surface area contributed by atoms with Crippen LogP contribution in [0.15, 0.2) is 36.4 Å². The van der Waals surface area contributed by atoms with Crippen LogP contribution in [0.3, 0.4) is 0 Å². The van der Waals surface area contributed by atoms with Crippen molar-refractivity contribution in [2.45, 2.75) is 12.5 Å². The molecule has 25 heavy (non-hydrogen) atoms. The summed E-state index contributed by atoms with van der Waals surface area (Å²) in [5, 5.41) is 6.16. The highest BCUT2D eigenvalue weighted by Crippen LogP contribution is 2.36. The van der Waals surface area contributed by atoms with Crippen LogP contribution in [-0.2, 0) is 0 Å². The standard InChI is InChI=1S/C18H19ClN2O4/c1-23-16-10-14(17(24-2)9-12(16)19)21-18(22)20-13-7-8-25-15-6-4-3-5-11(13)15/h3-6,9-10,13H,7-8H2,1-2H3,(H2,20,21,22). The van der Waals surface area contributed by atoms with Crippen LogP contribution in [0.25, 0.3) is 0 Å².